The highest BCUT2D eigenvalue weighted by Gasteiger charge is 2.10. The van der Waals surface area contributed by atoms with E-state index in [1.165, 1.54) is 12.8 Å². The predicted molar refractivity (Wildman–Crippen MR) is 66.3 cm³/mol. The number of hydrogen-bond donors (Lipinski definition) is 3. The van der Waals surface area contributed by atoms with Gasteiger partial charge in [0.1, 0.15) is 5.69 Å². The molecule has 4 N–H and O–H groups in total. The maximum Gasteiger partial charge on any atom is 0.267 e. The second kappa shape index (κ2) is 6.20. The van der Waals surface area contributed by atoms with Gasteiger partial charge in [0.15, 0.2) is 0 Å². The number of nitrogens with two attached hydrogens (primary N) is 1. The smallest absolute Gasteiger partial charge is 0.267 e. The predicted octanol–water partition coefficient (Wildman–Crippen LogP) is 2.30. The lowest BCUT2D eigenvalue weighted by molar-refractivity contribution is 0.0933. The van der Waals surface area contributed by atoms with E-state index in [-0.39, 0.29) is 11.9 Å². The molecular formula is C12H21N3O. The van der Waals surface area contributed by atoms with Gasteiger partial charge in [-0.2, -0.15) is 0 Å². The Morgan fingerprint density at radius 2 is 2.31 bits per heavy atom. The number of anilines is 1. The highest BCUT2D eigenvalue weighted by molar-refractivity contribution is 5.93. The molecule has 1 aromatic rings. The van der Waals surface area contributed by atoms with E-state index in [1.54, 1.807) is 12.3 Å². The Labute approximate surface area is 96.6 Å². The minimum absolute atomic E-state index is 0.0827. The molecule has 90 valence electrons. The molecule has 0 bridgehead atoms. The average Bonchev–Trinajstić information content (AvgIpc) is 2.65. The molecule has 0 radical (unpaired) electrons. The molecule has 0 aliphatic rings. The highest BCUT2D eigenvalue weighted by atomic mass is 16.1. The van der Waals surface area contributed by atoms with Crippen LogP contribution in [0.3, 0.4) is 0 Å². The van der Waals surface area contributed by atoms with E-state index >= 15 is 0 Å². The minimum atomic E-state index is -0.0827. The van der Waals surface area contributed by atoms with Crippen LogP contribution in [0.1, 0.15) is 50.0 Å². The molecule has 1 amide bonds. The van der Waals surface area contributed by atoms with Crippen LogP contribution in [0, 0.1) is 0 Å². The Kier molecular flexibility index (Phi) is 4.89. The zero-order valence-corrected chi connectivity index (χ0v) is 10.0. The van der Waals surface area contributed by atoms with Crippen LogP contribution in [0.15, 0.2) is 12.3 Å². The van der Waals surface area contributed by atoms with Gasteiger partial charge < -0.3 is 16.0 Å². The summed E-state index contributed by atoms with van der Waals surface area (Å²) < 4.78 is 0. The fourth-order valence-corrected chi connectivity index (χ4v) is 1.62. The number of aromatic nitrogens is 1. The summed E-state index contributed by atoms with van der Waals surface area (Å²) in [6.07, 6.45) is 6.22. The first-order chi connectivity index (χ1) is 7.63. The SMILES string of the molecule is CCCCCC(C)NC(=O)c1cc(N)c[nH]1. The molecule has 1 unspecified atom stereocenters. The normalized spacial score (nSPS) is 12.4. The number of H-pyrrole nitrogens is 1. The van der Waals surface area contributed by atoms with E-state index in [4.69, 9.17) is 5.73 Å². The Morgan fingerprint density at radius 3 is 2.88 bits per heavy atom. The van der Waals surface area contributed by atoms with Gasteiger partial charge in [-0.25, -0.2) is 0 Å². The molecule has 4 nitrogen and oxygen atoms in total. The van der Waals surface area contributed by atoms with Gasteiger partial charge in [0.05, 0.1) is 0 Å². The summed E-state index contributed by atoms with van der Waals surface area (Å²) in [6, 6.07) is 1.86. The third-order valence-electron chi connectivity index (χ3n) is 2.57. The van der Waals surface area contributed by atoms with Gasteiger partial charge in [-0.15, -0.1) is 0 Å². The van der Waals surface area contributed by atoms with Crippen molar-refractivity contribution in [3.8, 4) is 0 Å². The molecule has 0 spiro atoms. The fourth-order valence-electron chi connectivity index (χ4n) is 1.62. The lowest BCUT2D eigenvalue weighted by atomic mass is 10.1. The van der Waals surface area contributed by atoms with Crippen LogP contribution in [0.4, 0.5) is 5.69 Å². The van der Waals surface area contributed by atoms with Gasteiger partial charge in [-0.3, -0.25) is 4.79 Å². The van der Waals surface area contributed by atoms with Crippen molar-refractivity contribution in [1.82, 2.24) is 10.3 Å². The number of hydrogen-bond acceptors (Lipinski definition) is 2. The van der Waals surface area contributed by atoms with E-state index in [2.05, 4.69) is 17.2 Å². The Morgan fingerprint density at radius 1 is 1.56 bits per heavy atom. The van der Waals surface area contributed by atoms with Crippen LogP contribution in [0.5, 0.6) is 0 Å². The summed E-state index contributed by atoms with van der Waals surface area (Å²) in [4.78, 5) is 14.5. The molecule has 0 aliphatic carbocycles. The van der Waals surface area contributed by atoms with Crippen LogP contribution >= 0.6 is 0 Å². The molecule has 1 rings (SSSR count). The van der Waals surface area contributed by atoms with Crippen molar-refractivity contribution in [3.05, 3.63) is 18.0 Å². The number of carbonyl (C=O) groups excluding carboxylic acids is 1. The van der Waals surface area contributed by atoms with Gasteiger partial charge in [0, 0.05) is 17.9 Å². The Bertz CT molecular complexity index is 333. The third-order valence-corrected chi connectivity index (χ3v) is 2.57. The third kappa shape index (κ3) is 3.96. The minimum Gasteiger partial charge on any atom is -0.397 e. The van der Waals surface area contributed by atoms with Crippen molar-refractivity contribution in [3.63, 3.8) is 0 Å². The van der Waals surface area contributed by atoms with Crippen molar-refractivity contribution in [1.29, 1.82) is 0 Å². The molecular weight excluding hydrogens is 202 g/mol. The van der Waals surface area contributed by atoms with Gasteiger partial charge in [-0.1, -0.05) is 26.2 Å². The van der Waals surface area contributed by atoms with Gasteiger partial charge in [0.25, 0.3) is 5.91 Å². The van der Waals surface area contributed by atoms with Gasteiger partial charge in [0.2, 0.25) is 0 Å². The zero-order chi connectivity index (χ0) is 12.0. The molecule has 16 heavy (non-hydrogen) atoms. The van der Waals surface area contributed by atoms with E-state index < -0.39 is 0 Å². The number of unbranched alkanes of at least 4 members (excludes halogenated alkanes) is 2. The molecule has 0 saturated carbocycles. The summed E-state index contributed by atoms with van der Waals surface area (Å²) in [5.74, 6) is -0.0827. The van der Waals surface area contributed by atoms with Crippen LogP contribution in [0.2, 0.25) is 0 Å². The van der Waals surface area contributed by atoms with Gasteiger partial charge >= 0.3 is 0 Å². The average molecular weight is 223 g/mol. The highest BCUT2D eigenvalue weighted by Crippen LogP contribution is 2.06. The van der Waals surface area contributed by atoms with E-state index in [0.29, 0.717) is 11.4 Å². The van der Waals surface area contributed by atoms with Crippen molar-refractivity contribution in [2.24, 2.45) is 0 Å². The molecule has 0 saturated heterocycles. The van der Waals surface area contributed by atoms with E-state index in [1.807, 2.05) is 6.92 Å². The van der Waals surface area contributed by atoms with E-state index in [0.717, 1.165) is 12.8 Å². The molecule has 0 aromatic carbocycles. The molecule has 0 aliphatic heterocycles. The maximum absolute atomic E-state index is 11.7. The molecule has 1 aromatic heterocycles. The number of nitrogen functional groups attached to an aromatic ring is 1. The number of carbonyl (C=O) groups is 1. The lowest BCUT2D eigenvalue weighted by Gasteiger charge is -2.12. The second-order valence-corrected chi connectivity index (χ2v) is 4.22. The van der Waals surface area contributed by atoms with Crippen LogP contribution in [0.25, 0.3) is 0 Å². The first kappa shape index (κ1) is 12.6. The summed E-state index contributed by atoms with van der Waals surface area (Å²) in [7, 11) is 0. The summed E-state index contributed by atoms with van der Waals surface area (Å²) in [6.45, 7) is 4.20. The quantitative estimate of drug-likeness (QED) is 0.647. The van der Waals surface area contributed by atoms with Crippen LogP contribution in [-0.4, -0.2) is 16.9 Å². The lowest BCUT2D eigenvalue weighted by Crippen LogP contribution is -2.32. The molecule has 4 heteroatoms. The first-order valence-corrected chi connectivity index (χ1v) is 5.88. The second-order valence-electron chi connectivity index (χ2n) is 4.22. The molecule has 0 fully saturated rings. The van der Waals surface area contributed by atoms with Crippen molar-refractivity contribution >= 4 is 11.6 Å². The number of aromatic amines is 1. The summed E-state index contributed by atoms with van der Waals surface area (Å²) >= 11 is 0. The van der Waals surface area contributed by atoms with E-state index in [9.17, 15) is 4.79 Å². The van der Waals surface area contributed by atoms with Crippen molar-refractivity contribution < 1.29 is 4.79 Å². The largest absolute Gasteiger partial charge is 0.397 e. The molecule has 1 atom stereocenters. The number of rotatable bonds is 6. The summed E-state index contributed by atoms with van der Waals surface area (Å²) in [5, 5.41) is 2.94. The zero-order valence-electron chi connectivity index (χ0n) is 10.0. The Balaban J connectivity index is 2.33. The van der Waals surface area contributed by atoms with Crippen molar-refractivity contribution in [2.75, 3.05) is 5.73 Å². The van der Waals surface area contributed by atoms with Crippen LogP contribution in [-0.2, 0) is 0 Å². The fraction of sp³-hybridized carbons (Fsp3) is 0.583. The monoisotopic (exact) mass is 223 g/mol. The topological polar surface area (TPSA) is 70.9 Å². The number of nitrogens with one attached hydrogen (secondary N) is 2. The summed E-state index contributed by atoms with van der Waals surface area (Å²) in [5.41, 5.74) is 6.65. The molecule has 1 heterocycles. The Hall–Kier alpha value is -1.45. The van der Waals surface area contributed by atoms with Crippen LogP contribution < -0.4 is 11.1 Å². The van der Waals surface area contributed by atoms with Gasteiger partial charge in [-0.05, 0) is 19.4 Å². The first-order valence-electron chi connectivity index (χ1n) is 5.88. The maximum atomic E-state index is 11.7. The standard InChI is InChI=1S/C12H21N3O/c1-3-4-5-6-9(2)15-12(16)11-7-10(13)8-14-11/h7-9,14H,3-6,13H2,1-2H3,(H,15,16). The number of amides is 1. The van der Waals surface area contributed by atoms with Crippen molar-refractivity contribution in [2.45, 2.75) is 45.6 Å².